The van der Waals surface area contributed by atoms with Crippen LogP contribution in [0.5, 0.6) is 0 Å². The predicted molar refractivity (Wildman–Crippen MR) is 83.8 cm³/mol. The Morgan fingerprint density at radius 2 is 2.05 bits per heavy atom. The highest BCUT2D eigenvalue weighted by Gasteiger charge is 2.06. The van der Waals surface area contributed by atoms with Gasteiger partial charge < -0.3 is 5.11 Å². The van der Waals surface area contributed by atoms with Crippen LogP contribution in [0.2, 0.25) is 5.02 Å². The van der Waals surface area contributed by atoms with Gasteiger partial charge in [0.15, 0.2) is 0 Å². The Morgan fingerprint density at radius 3 is 2.75 bits per heavy atom. The fraction of sp³-hybridized carbons (Fsp3) is 0. The van der Waals surface area contributed by atoms with Crippen molar-refractivity contribution in [3.05, 3.63) is 63.1 Å². The summed E-state index contributed by atoms with van der Waals surface area (Å²) in [6.45, 7) is 0. The minimum atomic E-state index is -1.01. The van der Waals surface area contributed by atoms with E-state index in [-0.39, 0.29) is 5.56 Å². The van der Waals surface area contributed by atoms with Gasteiger partial charge in [-0.25, -0.2) is 4.79 Å². The molecule has 0 heterocycles. The first-order valence-corrected chi connectivity index (χ1v) is 6.81. The monoisotopic (exact) mass is 352 g/mol. The first kappa shape index (κ1) is 14.6. The number of carbonyl (C=O) groups is 1. The van der Waals surface area contributed by atoms with Crippen molar-refractivity contribution in [1.29, 1.82) is 0 Å². The number of hydrogen-bond acceptors (Lipinski definition) is 3. The average Bonchev–Trinajstić information content (AvgIpc) is 2.42. The third-order valence-corrected chi connectivity index (χ3v) is 3.56. The third kappa shape index (κ3) is 3.59. The van der Waals surface area contributed by atoms with Crippen molar-refractivity contribution >= 4 is 45.4 Å². The van der Waals surface area contributed by atoms with Crippen molar-refractivity contribution in [1.82, 2.24) is 0 Å². The summed E-state index contributed by atoms with van der Waals surface area (Å²) in [6.07, 6.45) is 1.62. The molecule has 0 aromatic heterocycles. The lowest BCUT2D eigenvalue weighted by molar-refractivity contribution is 0.0697. The van der Waals surface area contributed by atoms with Crippen LogP contribution in [-0.4, -0.2) is 17.3 Å². The second kappa shape index (κ2) is 6.54. The summed E-state index contributed by atoms with van der Waals surface area (Å²) in [4.78, 5) is 10.9. The molecule has 0 aliphatic rings. The van der Waals surface area contributed by atoms with Gasteiger partial charge in [-0.2, -0.15) is 5.10 Å². The zero-order valence-corrected chi connectivity index (χ0v) is 12.5. The number of rotatable bonds is 4. The maximum Gasteiger partial charge on any atom is 0.335 e. The average molecular weight is 354 g/mol. The summed E-state index contributed by atoms with van der Waals surface area (Å²) in [5.74, 6) is -1.01. The Morgan fingerprint density at radius 1 is 1.30 bits per heavy atom. The lowest BCUT2D eigenvalue weighted by Gasteiger charge is -2.04. The summed E-state index contributed by atoms with van der Waals surface area (Å²) in [5, 5.41) is 13.4. The number of nitrogens with one attached hydrogen (secondary N) is 1. The van der Waals surface area contributed by atoms with Gasteiger partial charge in [0.1, 0.15) is 0 Å². The zero-order valence-electron chi connectivity index (χ0n) is 10.2. The number of carboxylic acid groups (broad SMARTS) is 1. The van der Waals surface area contributed by atoms with Crippen LogP contribution in [0, 0.1) is 0 Å². The predicted octanol–water partition coefficient (Wildman–Crippen LogP) is 4.25. The lowest BCUT2D eigenvalue weighted by Crippen LogP contribution is -1.98. The molecule has 2 rings (SSSR count). The van der Waals surface area contributed by atoms with E-state index >= 15 is 0 Å². The summed E-state index contributed by atoms with van der Waals surface area (Å²) in [6, 6.07) is 12.0. The van der Waals surface area contributed by atoms with Crippen LogP contribution in [-0.2, 0) is 0 Å². The molecule has 0 atom stereocenters. The Bertz CT molecular complexity index is 674. The Hall–Kier alpha value is -1.85. The third-order valence-electron chi connectivity index (χ3n) is 2.51. The van der Waals surface area contributed by atoms with Crippen LogP contribution in [0.4, 0.5) is 5.69 Å². The molecule has 0 unspecified atom stereocenters. The summed E-state index contributed by atoms with van der Waals surface area (Å²) in [7, 11) is 0. The molecule has 0 amide bonds. The maximum absolute atomic E-state index is 10.9. The van der Waals surface area contributed by atoms with Crippen molar-refractivity contribution < 1.29 is 9.90 Å². The van der Waals surface area contributed by atoms with Gasteiger partial charge in [0.2, 0.25) is 0 Å². The molecule has 2 aromatic rings. The van der Waals surface area contributed by atoms with Crippen molar-refractivity contribution in [3.63, 3.8) is 0 Å². The van der Waals surface area contributed by atoms with Crippen LogP contribution >= 0.6 is 27.5 Å². The standard InChI is InChI=1S/C14H10BrClN2O2/c15-11-4-2-1-3-10(11)8-17-18-13-7-9(14(19)20)5-6-12(13)16/h1-8,18H,(H,19,20)/b17-8-. The minimum Gasteiger partial charge on any atom is -0.478 e. The van der Waals surface area contributed by atoms with Crippen molar-refractivity contribution in [2.24, 2.45) is 5.10 Å². The number of hydrogen-bond donors (Lipinski definition) is 2. The SMILES string of the molecule is O=C(O)c1ccc(Cl)c(N/N=C\c2ccccc2Br)c1. The van der Waals surface area contributed by atoms with Crippen LogP contribution in [0.1, 0.15) is 15.9 Å². The van der Waals surface area contributed by atoms with Crippen LogP contribution in [0.25, 0.3) is 0 Å². The van der Waals surface area contributed by atoms with E-state index in [1.165, 1.54) is 18.2 Å². The van der Waals surface area contributed by atoms with E-state index in [4.69, 9.17) is 16.7 Å². The van der Waals surface area contributed by atoms with Crippen molar-refractivity contribution in [3.8, 4) is 0 Å². The van der Waals surface area contributed by atoms with Crippen molar-refractivity contribution in [2.75, 3.05) is 5.43 Å². The quantitative estimate of drug-likeness (QED) is 0.638. The highest BCUT2D eigenvalue weighted by Crippen LogP contribution is 2.23. The fourth-order valence-electron chi connectivity index (χ4n) is 1.50. The molecule has 0 radical (unpaired) electrons. The molecule has 0 fully saturated rings. The molecule has 0 aliphatic heterocycles. The molecular weight excluding hydrogens is 344 g/mol. The van der Waals surface area contributed by atoms with E-state index in [1.807, 2.05) is 24.3 Å². The zero-order chi connectivity index (χ0) is 14.5. The molecule has 20 heavy (non-hydrogen) atoms. The molecule has 0 aliphatic carbocycles. The molecule has 0 bridgehead atoms. The fourth-order valence-corrected chi connectivity index (χ4v) is 2.04. The molecule has 102 valence electrons. The molecular formula is C14H10BrClN2O2. The second-order valence-electron chi connectivity index (χ2n) is 3.89. The molecule has 0 saturated carbocycles. The topological polar surface area (TPSA) is 61.7 Å². The minimum absolute atomic E-state index is 0.146. The molecule has 0 spiro atoms. The van der Waals surface area contributed by atoms with Gasteiger partial charge in [0.25, 0.3) is 0 Å². The largest absolute Gasteiger partial charge is 0.478 e. The molecule has 2 N–H and O–H groups in total. The van der Waals surface area contributed by atoms with E-state index < -0.39 is 5.97 Å². The Labute approximate surface area is 129 Å². The van der Waals surface area contributed by atoms with Gasteiger partial charge in [-0.3, -0.25) is 5.43 Å². The van der Waals surface area contributed by atoms with E-state index in [9.17, 15) is 4.79 Å². The van der Waals surface area contributed by atoms with Gasteiger partial charge >= 0.3 is 5.97 Å². The Balaban J connectivity index is 2.17. The van der Waals surface area contributed by atoms with Gasteiger partial charge in [-0.15, -0.1) is 0 Å². The van der Waals surface area contributed by atoms with Crippen LogP contribution in [0.3, 0.4) is 0 Å². The number of aromatic carboxylic acids is 1. The van der Waals surface area contributed by atoms with Gasteiger partial charge in [0.05, 0.1) is 22.5 Å². The van der Waals surface area contributed by atoms with Crippen LogP contribution < -0.4 is 5.43 Å². The van der Waals surface area contributed by atoms with Crippen molar-refractivity contribution in [2.45, 2.75) is 0 Å². The molecule has 6 heteroatoms. The summed E-state index contributed by atoms with van der Waals surface area (Å²) in [5.41, 5.74) is 4.22. The lowest BCUT2D eigenvalue weighted by atomic mass is 10.2. The Kier molecular flexibility index (Phi) is 4.76. The number of benzene rings is 2. The normalized spacial score (nSPS) is 10.7. The highest BCUT2D eigenvalue weighted by atomic mass is 79.9. The number of anilines is 1. The van der Waals surface area contributed by atoms with E-state index in [1.54, 1.807) is 6.21 Å². The molecule has 4 nitrogen and oxygen atoms in total. The first-order valence-electron chi connectivity index (χ1n) is 5.64. The first-order chi connectivity index (χ1) is 9.58. The van der Waals surface area contributed by atoms with E-state index in [0.717, 1.165) is 10.0 Å². The summed E-state index contributed by atoms with van der Waals surface area (Å²) < 4.78 is 0.913. The highest BCUT2D eigenvalue weighted by molar-refractivity contribution is 9.10. The number of halogens is 2. The number of hydrazone groups is 1. The second-order valence-corrected chi connectivity index (χ2v) is 5.15. The smallest absolute Gasteiger partial charge is 0.335 e. The van der Waals surface area contributed by atoms with E-state index in [0.29, 0.717) is 10.7 Å². The molecule has 0 saturated heterocycles. The number of nitrogens with zero attached hydrogens (tertiary/aromatic N) is 1. The van der Waals surface area contributed by atoms with Gasteiger partial charge in [-0.05, 0) is 24.3 Å². The summed E-state index contributed by atoms with van der Waals surface area (Å²) >= 11 is 9.38. The van der Waals surface area contributed by atoms with Crippen LogP contribution in [0.15, 0.2) is 52.0 Å². The van der Waals surface area contributed by atoms with Gasteiger partial charge in [0, 0.05) is 10.0 Å². The maximum atomic E-state index is 10.9. The number of carboxylic acids is 1. The molecule has 2 aromatic carbocycles. The van der Waals surface area contributed by atoms with Gasteiger partial charge in [-0.1, -0.05) is 45.7 Å². The van der Waals surface area contributed by atoms with E-state index in [2.05, 4.69) is 26.5 Å².